The molecule has 0 aromatic carbocycles. The van der Waals surface area contributed by atoms with E-state index in [1.54, 1.807) is 11.9 Å². The summed E-state index contributed by atoms with van der Waals surface area (Å²) in [5, 5.41) is 3.00. The Kier molecular flexibility index (Phi) is 1.21. The minimum absolute atomic E-state index is 0.178. The summed E-state index contributed by atoms with van der Waals surface area (Å²) < 4.78 is 0. The average Bonchev–Trinajstić information content (AvgIpc) is 1.98. The van der Waals surface area contributed by atoms with Crippen LogP contribution in [0, 0.1) is 0 Å². The van der Waals surface area contributed by atoms with Crippen molar-refractivity contribution in [3.05, 3.63) is 0 Å². The summed E-state index contributed by atoms with van der Waals surface area (Å²) in [5.74, 6) is 0.178. The number of hydrogen-bond acceptors (Lipinski definition) is 2. The molecule has 1 aliphatic heterocycles. The summed E-state index contributed by atoms with van der Waals surface area (Å²) in [5.41, 5.74) is 0. The first-order chi connectivity index (χ1) is 3.72. The lowest BCUT2D eigenvalue weighted by atomic mass is 10.5. The van der Waals surface area contributed by atoms with E-state index in [2.05, 4.69) is 5.32 Å². The quantitative estimate of drug-likeness (QED) is 0.456. The van der Waals surface area contributed by atoms with Crippen molar-refractivity contribution >= 4 is 5.91 Å². The number of carbonyl (C=O) groups is 1. The fourth-order valence-corrected chi connectivity index (χ4v) is 0.713. The molecule has 1 aliphatic rings. The molecule has 1 N–H and O–H groups in total. The zero-order chi connectivity index (χ0) is 6.15. The van der Waals surface area contributed by atoms with Crippen LogP contribution in [0.25, 0.3) is 0 Å². The summed E-state index contributed by atoms with van der Waals surface area (Å²) >= 11 is 0. The van der Waals surface area contributed by atoms with Gasteiger partial charge in [0.05, 0.1) is 12.7 Å². The van der Waals surface area contributed by atoms with Crippen molar-refractivity contribution in [1.82, 2.24) is 10.2 Å². The molecule has 0 unspecified atom stereocenters. The fourth-order valence-electron chi connectivity index (χ4n) is 0.713. The summed E-state index contributed by atoms with van der Waals surface area (Å²) in [4.78, 5) is 12.3. The molecule has 1 amide bonds. The van der Waals surface area contributed by atoms with E-state index in [0.717, 1.165) is 0 Å². The van der Waals surface area contributed by atoms with E-state index >= 15 is 0 Å². The molecule has 0 radical (unpaired) electrons. The van der Waals surface area contributed by atoms with Gasteiger partial charge in [-0.2, -0.15) is 0 Å². The highest BCUT2D eigenvalue weighted by Crippen LogP contribution is 1.97. The van der Waals surface area contributed by atoms with Crippen molar-refractivity contribution in [1.29, 1.82) is 0 Å². The maximum absolute atomic E-state index is 10.6. The lowest BCUT2D eigenvalue weighted by Crippen LogP contribution is -2.30. The Balaban J connectivity index is 2.56. The van der Waals surface area contributed by atoms with Crippen LogP contribution in [0.4, 0.5) is 0 Å². The molecule has 1 heterocycles. The normalized spacial score (nSPS) is 29.5. The molecule has 0 aliphatic carbocycles. The van der Waals surface area contributed by atoms with Crippen molar-refractivity contribution in [3.8, 4) is 0 Å². The highest BCUT2D eigenvalue weighted by atomic mass is 16.2. The van der Waals surface area contributed by atoms with E-state index in [9.17, 15) is 4.79 Å². The van der Waals surface area contributed by atoms with Gasteiger partial charge in [0.1, 0.15) is 0 Å². The van der Waals surface area contributed by atoms with Gasteiger partial charge in [0.15, 0.2) is 0 Å². The van der Waals surface area contributed by atoms with Crippen molar-refractivity contribution in [2.75, 3.05) is 13.6 Å². The lowest BCUT2D eigenvalue weighted by Gasteiger charge is -2.12. The van der Waals surface area contributed by atoms with Crippen LogP contribution in [0.1, 0.15) is 6.92 Å². The topological polar surface area (TPSA) is 32.3 Å². The Labute approximate surface area is 48.7 Å². The van der Waals surface area contributed by atoms with Crippen LogP contribution in [0.3, 0.4) is 0 Å². The maximum atomic E-state index is 10.6. The third-order valence-electron chi connectivity index (χ3n) is 1.52. The minimum atomic E-state index is 0.178. The molecular weight excluding hydrogens is 104 g/mol. The first-order valence-electron chi connectivity index (χ1n) is 2.71. The van der Waals surface area contributed by atoms with Gasteiger partial charge in [-0.15, -0.1) is 0 Å². The summed E-state index contributed by atoms with van der Waals surface area (Å²) in [6.45, 7) is 2.46. The molecular formula is C5H10N2O. The van der Waals surface area contributed by atoms with Gasteiger partial charge in [0, 0.05) is 7.05 Å². The molecule has 0 aromatic rings. The molecule has 46 valence electrons. The van der Waals surface area contributed by atoms with Gasteiger partial charge < -0.3 is 4.90 Å². The SMILES string of the molecule is C[C@H]1NCC(=O)N1C. The number of amides is 1. The van der Waals surface area contributed by atoms with Gasteiger partial charge >= 0.3 is 0 Å². The number of nitrogens with one attached hydrogen (secondary N) is 1. The monoisotopic (exact) mass is 114 g/mol. The van der Waals surface area contributed by atoms with Crippen LogP contribution in [0.15, 0.2) is 0 Å². The van der Waals surface area contributed by atoms with E-state index in [4.69, 9.17) is 0 Å². The lowest BCUT2D eigenvalue weighted by molar-refractivity contribution is -0.126. The smallest absolute Gasteiger partial charge is 0.237 e. The molecule has 0 spiro atoms. The molecule has 1 fully saturated rings. The predicted molar refractivity (Wildman–Crippen MR) is 30.2 cm³/mol. The molecule has 8 heavy (non-hydrogen) atoms. The Morgan fingerprint density at radius 2 is 2.50 bits per heavy atom. The van der Waals surface area contributed by atoms with Gasteiger partial charge in [0.2, 0.25) is 5.91 Å². The van der Waals surface area contributed by atoms with Crippen molar-refractivity contribution in [2.45, 2.75) is 13.1 Å². The first-order valence-corrected chi connectivity index (χ1v) is 2.71. The van der Waals surface area contributed by atoms with E-state index in [1.807, 2.05) is 6.92 Å². The van der Waals surface area contributed by atoms with Crippen LogP contribution in [-0.2, 0) is 4.79 Å². The molecule has 0 aromatic heterocycles. The van der Waals surface area contributed by atoms with Crippen LogP contribution in [0.2, 0.25) is 0 Å². The average molecular weight is 114 g/mol. The predicted octanol–water partition coefficient (Wildman–Crippen LogP) is -0.606. The van der Waals surface area contributed by atoms with Gasteiger partial charge in [-0.3, -0.25) is 10.1 Å². The second kappa shape index (κ2) is 1.74. The van der Waals surface area contributed by atoms with E-state index < -0.39 is 0 Å². The number of carbonyl (C=O) groups excluding carboxylic acids is 1. The minimum Gasteiger partial charge on any atom is -0.329 e. The third-order valence-corrected chi connectivity index (χ3v) is 1.52. The van der Waals surface area contributed by atoms with Gasteiger partial charge in [-0.05, 0) is 6.92 Å². The standard InChI is InChI=1S/C5H10N2O/c1-4-6-3-5(8)7(4)2/h4,6H,3H2,1-2H3/t4-/m0/s1. The molecule has 1 saturated heterocycles. The Bertz CT molecular complexity index is 113. The van der Waals surface area contributed by atoms with Crippen LogP contribution in [0.5, 0.6) is 0 Å². The summed E-state index contributed by atoms with van der Waals surface area (Å²) in [6.07, 6.45) is 0.225. The maximum Gasteiger partial charge on any atom is 0.237 e. The molecule has 3 heteroatoms. The fraction of sp³-hybridized carbons (Fsp3) is 0.800. The van der Waals surface area contributed by atoms with Gasteiger partial charge in [-0.1, -0.05) is 0 Å². The van der Waals surface area contributed by atoms with Gasteiger partial charge in [0.25, 0.3) is 0 Å². The molecule has 0 saturated carbocycles. The van der Waals surface area contributed by atoms with E-state index in [-0.39, 0.29) is 12.1 Å². The van der Waals surface area contributed by atoms with E-state index in [0.29, 0.717) is 6.54 Å². The van der Waals surface area contributed by atoms with Gasteiger partial charge in [-0.25, -0.2) is 0 Å². The molecule has 0 bridgehead atoms. The Morgan fingerprint density at radius 3 is 2.62 bits per heavy atom. The number of nitrogens with zero attached hydrogens (tertiary/aromatic N) is 1. The van der Waals surface area contributed by atoms with Crippen molar-refractivity contribution < 1.29 is 4.79 Å². The van der Waals surface area contributed by atoms with E-state index in [1.165, 1.54) is 0 Å². The largest absolute Gasteiger partial charge is 0.329 e. The van der Waals surface area contributed by atoms with Crippen LogP contribution < -0.4 is 5.32 Å². The Hall–Kier alpha value is -0.570. The molecule has 1 rings (SSSR count). The zero-order valence-corrected chi connectivity index (χ0v) is 5.14. The Morgan fingerprint density at radius 1 is 1.88 bits per heavy atom. The second-order valence-electron chi connectivity index (χ2n) is 2.06. The summed E-state index contributed by atoms with van der Waals surface area (Å²) in [7, 11) is 1.80. The molecule has 1 atom stereocenters. The zero-order valence-electron chi connectivity index (χ0n) is 5.14. The van der Waals surface area contributed by atoms with Crippen LogP contribution >= 0.6 is 0 Å². The van der Waals surface area contributed by atoms with Crippen molar-refractivity contribution in [3.63, 3.8) is 0 Å². The summed E-state index contributed by atoms with van der Waals surface area (Å²) in [6, 6.07) is 0. The van der Waals surface area contributed by atoms with Crippen LogP contribution in [-0.4, -0.2) is 30.6 Å². The highest BCUT2D eigenvalue weighted by molar-refractivity contribution is 5.80. The molecule has 3 nitrogen and oxygen atoms in total. The highest BCUT2D eigenvalue weighted by Gasteiger charge is 2.21. The second-order valence-corrected chi connectivity index (χ2v) is 2.06. The number of rotatable bonds is 0. The third kappa shape index (κ3) is 0.690. The van der Waals surface area contributed by atoms with Crippen molar-refractivity contribution in [2.24, 2.45) is 0 Å². The first kappa shape index (κ1) is 5.56. The number of likely N-dealkylation sites (N-methyl/N-ethyl adjacent to an activating group) is 1. The number of hydrogen-bond donors (Lipinski definition) is 1.